The summed E-state index contributed by atoms with van der Waals surface area (Å²) in [5, 5.41) is 4.91. The van der Waals surface area contributed by atoms with Crippen molar-refractivity contribution in [1.29, 1.82) is 0 Å². The van der Waals surface area contributed by atoms with Gasteiger partial charge in [-0.1, -0.05) is 12.1 Å². The normalized spacial score (nSPS) is 32.1. The Balaban J connectivity index is 1.42. The average Bonchev–Trinajstić information content (AvgIpc) is 2.60. The first-order valence-corrected chi connectivity index (χ1v) is 9.94. The number of halogens is 3. The number of hydrogen-bond donors (Lipinski definition) is 2. The van der Waals surface area contributed by atoms with E-state index in [9.17, 15) is 22.8 Å². The highest BCUT2D eigenvalue weighted by atomic mass is 19.4. The Hall–Kier alpha value is -2.05. The number of alkyl halides is 3. The van der Waals surface area contributed by atoms with Crippen LogP contribution in [0.1, 0.15) is 51.0 Å². The van der Waals surface area contributed by atoms with Gasteiger partial charge in [-0.05, 0) is 80.8 Å². The van der Waals surface area contributed by atoms with Crippen molar-refractivity contribution in [3.05, 3.63) is 29.8 Å². The number of para-hydroxylation sites is 1. The molecule has 28 heavy (non-hydrogen) atoms. The summed E-state index contributed by atoms with van der Waals surface area (Å²) in [7, 11) is 0. The number of benzene rings is 1. The second-order valence-corrected chi connectivity index (χ2v) is 8.97. The molecule has 2 amide bonds. The number of nitrogens with one attached hydrogen (secondary N) is 2. The largest absolute Gasteiger partial charge is 0.418 e. The second kappa shape index (κ2) is 6.78. The molecule has 0 spiro atoms. The molecule has 0 aliphatic heterocycles. The highest BCUT2D eigenvalue weighted by Crippen LogP contribution is 2.61. The highest BCUT2D eigenvalue weighted by Gasteiger charge is 2.53. The van der Waals surface area contributed by atoms with Crippen LogP contribution < -0.4 is 10.6 Å². The van der Waals surface area contributed by atoms with Crippen LogP contribution in [0.5, 0.6) is 0 Å². The maximum Gasteiger partial charge on any atom is 0.418 e. The second-order valence-electron chi connectivity index (χ2n) is 8.97. The minimum absolute atomic E-state index is 0.0224. The van der Waals surface area contributed by atoms with Crippen LogP contribution in [0, 0.1) is 23.2 Å². The molecule has 152 valence electrons. The summed E-state index contributed by atoms with van der Waals surface area (Å²) >= 11 is 0. The van der Waals surface area contributed by atoms with E-state index in [1.54, 1.807) is 0 Å². The van der Waals surface area contributed by atoms with Gasteiger partial charge in [-0.3, -0.25) is 9.59 Å². The molecule has 0 radical (unpaired) electrons. The van der Waals surface area contributed by atoms with Gasteiger partial charge in [-0.15, -0.1) is 0 Å². The number of rotatable bonds is 3. The van der Waals surface area contributed by atoms with E-state index in [2.05, 4.69) is 10.6 Å². The van der Waals surface area contributed by atoms with Crippen molar-refractivity contribution in [1.82, 2.24) is 5.32 Å². The first-order chi connectivity index (χ1) is 13.2. The Morgan fingerprint density at radius 3 is 2.07 bits per heavy atom. The van der Waals surface area contributed by atoms with E-state index >= 15 is 0 Å². The lowest BCUT2D eigenvalue weighted by Crippen LogP contribution is -2.57. The molecule has 1 unspecified atom stereocenters. The molecular weight excluding hydrogens is 369 g/mol. The fraction of sp³-hybridized carbons (Fsp3) is 0.619. The number of amides is 2. The predicted molar refractivity (Wildman–Crippen MR) is 98.3 cm³/mol. The lowest BCUT2D eigenvalue weighted by Gasteiger charge is -2.59. The third-order valence-corrected chi connectivity index (χ3v) is 7.04. The van der Waals surface area contributed by atoms with Gasteiger partial charge < -0.3 is 10.6 Å². The van der Waals surface area contributed by atoms with Crippen molar-refractivity contribution in [3.63, 3.8) is 0 Å². The van der Waals surface area contributed by atoms with Gasteiger partial charge in [0.05, 0.1) is 11.3 Å². The van der Waals surface area contributed by atoms with E-state index in [0.29, 0.717) is 17.8 Å². The molecule has 0 saturated heterocycles. The lowest BCUT2D eigenvalue weighted by atomic mass is 9.48. The van der Waals surface area contributed by atoms with Crippen molar-refractivity contribution in [2.45, 2.75) is 57.7 Å². The van der Waals surface area contributed by atoms with Crippen LogP contribution >= 0.6 is 0 Å². The molecule has 1 aromatic carbocycles. The zero-order chi connectivity index (χ0) is 20.1. The SMILES string of the molecule is CC(NC(=O)C(=O)Nc1ccccc1C(F)(F)F)C12CC3CC(CC(C3)C1)C2. The van der Waals surface area contributed by atoms with Crippen LogP contribution in [0.15, 0.2) is 24.3 Å². The van der Waals surface area contributed by atoms with Gasteiger partial charge in [0.2, 0.25) is 0 Å². The zero-order valence-corrected chi connectivity index (χ0v) is 15.8. The van der Waals surface area contributed by atoms with E-state index in [1.807, 2.05) is 6.92 Å². The molecule has 4 saturated carbocycles. The Morgan fingerprint density at radius 1 is 1.00 bits per heavy atom. The molecule has 4 aliphatic rings. The van der Waals surface area contributed by atoms with E-state index < -0.39 is 29.2 Å². The minimum atomic E-state index is -4.60. The summed E-state index contributed by atoms with van der Waals surface area (Å²) in [6.45, 7) is 1.93. The van der Waals surface area contributed by atoms with Gasteiger partial charge in [-0.2, -0.15) is 13.2 Å². The number of carbonyl (C=O) groups excluding carboxylic acids is 2. The number of hydrogen-bond acceptors (Lipinski definition) is 2. The summed E-state index contributed by atoms with van der Waals surface area (Å²) in [5.41, 5.74) is -1.35. The molecular formula is C21H25F3N2O2. The summed E-state index contributed by atoms with van der Waals surface area (Å²) < 4.78 is 39.2. The maximum absolute atomic E-state index is 13.1. The van der Waals surface area contributed by atoms with Gasteiger partial charge in [0.1, 0.15) is 0 Å². The highest BCUT2D eigenvalue weighted by molar-refractivity contribution is 6.39. The summed E-state index contributed by atoms with van der Waals surface area (Å²) in [4.78, 5) is 24.7. The summed E-state index contributed by atoms with van der Waals surface area (Å²) in [6, 6.07) is 4.49. The molecule has 7 heteroatoms. The van der Waals surface area contributed by atoms with Gasteiger partial charge in [0.25, 0.3) is 0 Å². The van der Waals surface area contributed by atoms with E-state index in [1.165, 1.54) is 31.4 Å². The van der Waals surface area contributed by atoms with Crippen molar-refractivity contribution >= 4 is 17.5 Å². The van der Waals surface area contributed by atoms with Crippen LogP contribution in [0.3, 0.4) is 0 Å². The quantitative estimate of drug-likeness (QED) is 0.748. The number of carbonyl (C=O) groups is 2. The molecule has 5 rings (SSSR count). The van der Waals surface area contributed by atoms with Crippen molar-refractivity contribution in [3.8, 4) is 0 Å². The Bertz CT molecular complexity index is 755. The molecule has 4 bridgehead atoms. The molecule has 0 aromatic heterocycles. The molecule has 1 aromatic rings. The minimum Gasteiger partial charge on any atom is -0.345 e. The monoisotopic (exact) mass is 394 g/mol. The van der Waals surface area contributed by atoms with Crippen LogP contribution in [0.2, 0.25) is 0 Å². The van der Waals surface area contributed by atoms with Gasteiger partial charge in [-0.25, -0.2) is 0 Å². The van der Waals surface area contributed by atoms with Crippen LogP contribution in [-0.2, 0) is 15.8 Å². The third kappa shape index (κ3) is 3.51. The molecule has 4 aliphatic carbocycles. The van der Waals surface area contributed by atoms with E-state index in [0.717, 1.165) is 31.4 Å². The van der Waals surface area contributed by atoms with Crippen LogP contribution in [0.25, 0.3) is 0 Å². The first kappa shape index (κ1) is 19.3. The fourth-order valence-corrected chi connectivity index (χ4v) is 6.14. The summed E-state index contributed by atoms with van der Waals surface area (Å²) in [6.07, 6.45) is 2.42. The van der Waals surface area contributed by atoms with Gasteiger partial charge in [0, 0.05) is 6.04 Å². The van der Waals surface area contributed by atoms with Crippen LogP contribution in [-0.4, -0.2) is 17.9 Å². The van der Waals surface area contributed by atoms with Gasteiger partial charge >= 0.3 is 18.0 Å². The maximum atomic E-state index is 13.1. The topological polar surface area (TPSA) is 58.2 Å². The third-order valence-electron chi connectivity index (χ3n) is 7.04. The van der Waals surface area contributed by atoms with Gasteiger partial charge in [0.15, 0.2) is 0 Å². The lowest BCUT2D eigenvalue weighted by molar-refractivity contribution is -0.139. The predicted octanol–water partition coefficient (Wildman–Crippen LogP) is 4.37. The standard InChI is InChI=1S/C21H25F3N2O2/c1-12(20-9-13-6-14(10-20)8-15(7-13)11-20)25-18(27)19(28)26-17-5-3-2-4-16(17)21(22,23)24/h2-5,12-15H,6-11H2,1H3,(H,25,27)(H,26,28). The Kier molecular flexibility index (Phi) is 4.67. The molecule has 4 fully saturated rings. The molecule has 4 nitrogen and oxygen atoms in total. The zero-order valence-electron chi connectivity index (χ0n) is 15.8. The molecule has 0 heterocycles. The van der Waals surface area contributed by atoms with E-state index in [4.69, 9.17) is 0 Å². The smallest absolute Gasteiger partial charge is 0.345 e. The van der Waals surface area contributed by atoms with Crippen molar-refractivity contribution < 1.29 is 22.8 Å². The van der Waals surface area contributed by atoms with Crippen molar-refractivity contribution in [2.24, 2.45) is 23.2 Å². The first-order valence-electron chi connectivity index (χ1n) is 9.94. The fourth-order valence-electron chi connectivity index (χ4n) is 6.14. The number of anilines is 1. The Labute approximate surface area is 162 Å². The van der Waals surface area contributed by atoms with Crippen molar-refractivity contribution in [2.75, 3.05) is 5.32 Å². The molecule has 1 atom stereocenters. The average molecular weight is 394 g/mol. The molecule has 2 N–H and O–H groups in total. The van der Waals surface area contributed by atoms with E-state index in [-0.39, 0.29) is 11.5 Å². The summed E-state index contributed by atoms with van der Waals surface area (Å²) in [5.74, 6) is 0.183. The Morgan fingerprint density at radius 2 is 1.54 bits per heavy atom. The van der Waals surface area contributed by atoms with Crippen LogP contribution in [0.4, 0.5) is 18.9 Å².